The van der Waals surface area contributed by atoms with Crippen LogP contribution in [-0.2, 0) is 6.54 Å². The summed E-state index contributed by atoms with van der Waals surface area (Å²) >= 11 is 0. The molecule has 1 aromatic carbocycles. The number of halogens is 2. The third-order valence-corrected chi connectivity index (χ3v) is 2.45. The first-order valence-corrected chi connectivity index (χ1v) is 5.26. The SMILES string of the molecule is CN(C)Cc1c[nH]c2ccc(OC(F)F)cc12. The Labute approximate surface area is 98.0 Å². The van der Waals surface area contributed by atoms with Crippen LogP contribution in [0.2, 0.25) is 0 Å². The smallest absolute Gasteiger partial charge is 0.387 e. The van der Waals surface area contributed by atoms with E-state index in [1.165, 1.54) is 6.07 Å². The molecule has 0 fully saturated rings. The summed E-state index contributed by atoms with van der Waals surface area (Å²) in [5.74, 6) is 0.187. The normalized spacial score (nSPS) is 11.6. The van der Waals surface area contributed by atoms with Gasteiger partial charge in [0.2, 0.25) is 0 Å². The van der Waals surface area contributed by atoms with Gasteiger partial charge in [0.25, 0.3) is 0 Å². The van der Waals surface area contributed by atoms with Crippen molar-refractivity contribution in [1.29, 1.82) is 0 Å². The molecule has 0 aliphatic heterocycles. The topological polar surface area (TPSA) is 28.3 Å². The Morgan fingerprint density at radius 2 is 2.12 bits per heavy atom. The number of rotatable bonds is 4. The maximum atomic E-state index is 12.1. The number of benzene rings is 1. The van der Waals surface area contributed by atoms with Gasteiger partial charge in [-0.1, -0.05) is 0 Å². The van der Waals surface area contributed by atoms with Crippen LogP contribution in [0, 0.1) is 0 Å². The fraction of sp³-hybridized carbons (Fsp3) is 0.333. The van der Waals surface area contributed by atoms with Gasteiger partial charge in [-0.3, -0.25) is 0 Å². The molecule has 0 aliphatic rings. The van der Waals surface area contributed by atoms with Crippen LogP contribution < -0.4 is 4.74 Å². The average molecular weight is 240 g/mol. The molecule has 1 aromatic heterocycles. The second-order valence-electron chi connectivity index (χ2n) is 4.14. The summed E-state index contributed by atoms with van der Waals surface area (Å²) in [6, 6.07) is 4.91. The van der Waals surface area contributed by atoms with Crippen molar-refractivity contribution >= 4 is 10.9 Å². The lowest BCUT2D eigenvalue weighted by Gasteiger charge is -2.09. The van der Waals surface area contributed by atoms with E-state index in [4.69, 9.17) is 0 Å². The van der Waals surface area contributed by atoms with Crippen LogP contribution in [0.3, 0.4) is 0 Å². The third kappa shape index (κ3) is 2.74. The van der Waals surface area contributed by atoms with E-state index in [2.05, 4.69) is 9.72 Å². The molecule has 0 atom stereocenters. The number of ether oxygens (including phenoxy) is 1. The molecule has 1 N–H and O–H groups in total. The molecule has 0 saturated carbocycles. The van der Waals surface area contributed by atoms with Crippen molar-refractivity contribution in [2.45, 2.75) is 13.2 Å². The van der Waals surface area contributed by atoms with Gasteiger partial charge in [-0.2, -0.15) is 8.78 Å². The number of nitrogens with zero attached hydrogens (tertiary/aromatic N) is 1. The lowest BCUT2D eigenvalue weighted by atomic mass is 10.1. The molecule has 17 heavy (non-hydrogen) atoms. The Hall–Kier alpha value is -1.62. The molecule has 1 heterocycles. The van der Waals surface area contributed by atoms with Crippen molar-refractivity contribution in [3.05, 3.63) is 30.0 Å². The van der Waals surface area contributed by atoms with Gasteiger partial charge in [-0.05, 0) is 37.9 Å². The van der Waals surface area contributed by atoms with E-state index in [-0.39, 0.29) is 5.75 Å². The first-order valence-electron chi connectivity index (χ1n) is 5.26. The number of hydrogen-bond acceptors (Lipinski definition) is 2. The highest BCUT2D eigenvalue weighted by Crippen LogP contribution is 2.25. The van der Waals surface area contributed by atoms with Gasteiger partial charge in [0.1, 0.15) is 5.75 Å². The molecule has 3 nitrogen and oxygen atoms in total. The summed E-state index contributed by atoms with van der Waals surface area (Å²) < 4.78 is 28.6. The lowest BCUT2D eigenvalue weighted by molar-refractivity contribution is -0.0497. The van der Waals surface area contributed by atoms with Crippen LogP contribution in [-0.4, -0.2) is 30.6 Å². The van der Waals surface area contributed by atoms with Crippen molar-refractivity contribution in [3.63, 3.8) is 0 Å². The zero-order valence-electron chi connectivity index (χ0n) is 9.71. The summed E-state index contributed by atoms with van der Waals surface area (Å²) in [4.78, 5) is 5.12. The molecule has 2 aromatic rings. The van der Waals surface area contributed by atoms with Gasteiger partial charge < -0.3 is 14.6 Å². The Balaban J connectivity index is 2.36. The van der Waals surface area contributed by atoms with Gasteiger partial charge in [0, 0.05) is 23.6 Å². The van der Waals surface area contributed by atoms with Gasteiger partial charge in [0.15, 0.2) is 0 Å². The largest absolute Gasteiger partial charge is 0.435 e. The fourth-order valence-electron chi connectivity index (χ4n) is 1.81. The number of nitrogens with one attached hydrogen (secondary N) is 1. The predicted molar refractivity (Wildman–Crippen MR) is 62.3 cm³/mol. The van der Waals surface area contributed by atoms with Crippen molar-refractivity contribution in [2.75, 3.05) is 14.1 Å². The quantitative estimate of drug-likeness (QED) is 0.890. The van der Waals surface area contributed by atoms with E-state index in [0.717, 1.165) is 23.0 Å². The number of fused-ring (bicyclic) bond motifs is 1. The lowest BCUT2D eigenvalue weighted by Crippen LogP contribution is -2.10. The van der Waals surface area contributed by atoms with Crippen molar-refractivity contribution in [3.8, 4) is 5.75 Å². The van der Waals surface area contributed by atoms with E-state index in [0.29, 0.717) is 0 Å². The second kappa shape index (κ2) is 4.71. The molecule has 0 bridgehead atoms. The summed E-state index contributed by atoms with van der Waals surface area (Å²) in [7, 11) is 3.91. The Morgan fingerprint density at radius 3 is 2.76 bits per heavy atom. The van der Waals surface area contributed by atoms with Crippen LogP contribution in [0.5, 0.6) is 5.75 Å². The number of aromatic amines is 1. The fourth-order valence-corrected chi connectivity index (χ4v) is 1.81. The van der Waals surface area contributed by atoms with Crippen LogP contribution in [0.4, 0.5) is 8.78 Å². The van der Waals surface area contributed by atoms with Gasteiger partial charge in [-0.25, -0.2) is 0 Å². The van der Waals surface area contributed by atoms with E-state index < -0.39 is 6.61 Å². The minimum atomic E-state index is -2.79. The predicted octanol–water partition coefficient (Wildman–Crippen LogP) is 2.83. The molecular weight excluding hydrogens is 226 g/mol. The zero-order chi connectivity index (χ0) is 12.4. The van der Waals surface area contributed by atoms with Gasteiger partial charge >= 0.3 is 6.61 Å². The first-order chi connectivity index (χ1) is 8.06. The Kier molecular flexibility index (Phi) is 3.28. The molecule has 0 radical (unpaired) electrons. The molecule has 0 saturated heterocycles. The number of aromatic nitrogens is 1. The van der Waals surface area contributed by atoms with Crippen molar-refractivity contribution in [2.24, 2.45) is 0 Å². The van der Waals surface area contributed by atoms with Crippen molar-refractivity contribution in [1.82, 2.24) is 9.88 Å². The van der Waals surface area contributed by atoms with Gasteiger partial charge in [0.05, 0.1) is 0 Å². The molecule has 0 amide bonds. The van der Waals surface area contributed by atoms with Crippen LogP contribution in [0.1, 0.15) is 5.56 Å². The van der Waals surface area contributed by atoms with E-state index in [9.17, 15) is 8.78 Å². The first kappa shape index (κ1) is 11.9. The molecule has 0 unspecified atom stereocenters. The number of hydrogen-bond donors (Lipinski definition) is 1. The molecular formula is C12H14F2N2O. The van der Waals surface area contributed by atoms with Crippen LogP contribution in [0.15, 0.2) is 24.4 Å². The van der Waals surface area contributed by atoms with Gasteiger partial charge in [-0.15, -0.1) is 0 Å². The monoisotopic (exact) mass is 240 g/mol. The van der Waals surface area contributed by atoms with E-state index >= 15 is 0 Å². The number of H-pyrrole nitrogens is 1. The minimum Gasteiger partial charge on any atom is -0.435 e. The summed E-state index contributed by atoms with van der Waals surface area (Å²) in [5, 5.41) is 0.914. The average Bonchev–Trinajstić information content (AvgIpc) is 2.59. The number of alkyl halides is 2. The summed E-state index contributed by atoms with van der Waals surface area (Å²) in [5.41, 5.74) is 1.98. The minimum absolute atomic E-state index is 0.187. The summed E-state index contributed by atoms with van der Waals surface area (Å²) in [6.45, 7) is -2.04. The Morgan fingerprint density at radius 1 is 1.35 bits per heavy atom. The highest BCUT2D eigenvalue weighted by molar-refractivity contribution is 5.84. The van der Waals surface area contributed by atoms with E-state index in [1.807, 2.05) is 25.2 Å². The summed E-state index contributed by atoms with van der Waals surface area (Å²) in [6.07, 6.45) is 1.89. The van der Waals surface area contributed by atoms with E-state index in [1.54, 1.807) is 12.1 Å². The third-order valence-electron chi connectivity index (χ3n) is 2.45. The molecule has 92 valence electrons. The van der Waals surface area contributed by atoms with Crippen LogP contribution >= 0.6 is 0 Å². The van der Waals surface area contributed by atoms with Crippen LogP contribution in [0.25, 0.3) is 10.9 Å². The maximum absolute atomic E-state index is 12.1. The molecule has 0 aliphatic carbocycles. The Bertz CT molecular complexity index is 508. The molecule has 2 rings (SSSR count). The zero-order valence-corrected chi connectivity index (χ0v) is 9.71. The maximum Gasteiger partial charge on any atom is 0.387 e. The standard InChI is InChI=1S/C12H14F2N2O/c1-16(2)7-8-6-15-11-4-3-9(5-10(8)11)17-12(13)14/h3-6,12,15H,7H2,1-2H3. The highest BCUT2D eigenvalue weighted by Gasteiger charge is 2.08. The van der Waals surface area contributed by atoms with Crippen molar-refractivity contribution < 1.29 is 13.5 Å². The molecule has 5 heteroatoms. The second-order valence-corrected chi connectivity index (χ2v) is 4.14. The highest BCUT2D eigenvalue weighted by atomic mass is 19.3. The molecule has 0 spiro atoms.